The Balaban J connectivity index is 2.15. The van der Waals surface area contributed by atoms with Gasteiger partial charge in [0, 0.05) is 11.8 Å². The van der Waals surface area contributed by atoms with Gasteiger partial charge in [-0.15, -0.1) is 0 Å². The van der Waals surface area contributed by atoms with Crippen molar-refractivity contribution < 1.29 is 18.4 Å². The van der Waals surface area contributed by atoms with Crippen molar-refractivity contribution in [3.8, 4) is 0 Å². The Morgan fingerprint density at radius 1 is 0.960 bits per heavy atom. The largest absolute Gasteiger partial charge is 0.325 e. The topological polar surface area (TPSA) is 58.2 Å². The molecule has 2 aromatic carbocycles. The fraction of sp³-hybridized carbons (Fsp3) is 0.176. The maximum absolute atomic E-state index is 13.2. The zero-order valence-corrected chi connectivity index (χ0v) is 14.8. The predicted molar refractivity (Wildman–Crippen MR) is 93.9 cm³/mol. The highest BCUT2D eigenvalue weighted by molar-refractivity contribution is 6.44. The minimum atomic E-state index is -1.52. The average Bonchev–Trinajstić information content (AvgIpc) is 2.55. The van der Waals surface area contributed by atoms with Crippen LogP contribution in [0.5, 0.6) is 0 Å². The van der Waals surface area contributed by atoms with Crippen LogP contribution in [0.15, 0.2) is 36.4 Å². The Hall–Kier alpha value is -2.18. The lowest BCUT2D eigenvalue weighted by Crippen LogP contribution is -2.41. The third-order valence-corrected chi connectivity index (χ3v) is 4.33. The second-order valence-electron chi connectivity index (χ2n) is 5.76. The molecule has 2 amide bonds. The summed E-state index contributed by atoms with van der Waals surface area (Å²) in [6, 6.07) is 7.59. The lowest BCUT2D eigenvalue weighted by Gasteiger charge is -2.23. The van der Waals surface area contributed by atoms with E-state index in [2.05, 4.69) is 10.6 Å². The maximum atomic E-state index is 13.2. The molecule has 0 aliphatic heterocycles. The quantitative estimate of drug-likeness (QED) is 0.735. The highest BCUT2D eigenvalue weighted by atomic mass is 35.5. The van der Waals surface area contributed by atoms with Crippen molar-refractivity contribution in [3.05, 3.63) is 58.1 Å². The van der Waals surface area contributed by atoms with Crippen LogP contribution in [-0.2, 0) is 9.59 Å². The van der Waals surface area contributed by atoms with Gasteiger partial charge < -0.3 is 10.6 Å². The van der Waals surface area contributed by atoms with E-state index in [-0.39, 0.29) is 21.4 Å². The molecule has 8 heteroatoms. The first-order valence-electron chi connectivity index (χ1n) is 7.15. The molecule has 0 fully saturated rings. The Labute approximate surface area is 153 Å². The number of hydrogen-bond acceptors (Lipinski definition) is 2. The molecule has 4 nitrogen and oxygen atoms in total. The number of anilines is 2. The van der Waals surface area contributed by atoms with Crippen molar-refractivity contribution in [2.75, 3.05) is 10.6 Å². The van der Waals surface area contributed by atoms with E-state index in [1.165, 1.54) is 26.0 Å². The summed E-state index contributed by atoms with van der Waals surface area (Å²) in [4.78, 5) is 24.8. The summed E-state index contributed by atoms with van der Waals surface area (Å²) in [5.41, 5.74) is -1.23. The van der Waals surface area contributed by atoms with Crippen molar-refractivity contribution >= 4 is 46.4 Å². The van der Waals surface area contributed by atoms with E-state index in [0.717, 1.165) is 12.1 Å². The summed E-state index contributed by atoms with van der Waals surface area (Å²) in [7, 11) is 0. The van der Waals surface area contributed by atoms with Gasteiger partial charge in [0.1, 0.15) is 5.41 Å². The van der Waals surface area contributed by atoms with Gasteiger partial charge in [-0.2, -0.15) is 0 Å². The minimum absolute atomic E-state index is 0.0329. The molecule has 0 spiro atoms. The SMILES string of the molecule is CC(C)(C(=O)Nc1ccc(F)c(F)c1)C(=O)Nc1cccc(Cl)c1Cl. The van der Waals surface area contributed by atoms with Gasteiger partial charge in [0.25, 0.3) is 0 Å². The third-order valence-electron chi connectivity index (χ3n) is 3.51. The molecular formula is C17H14Cl2F2N2O2. The van der Waals surface area contributed by atoms with Crippen LogP contribution in [0.3, 0.4) is 0 Å². The number of halogens is 4. The summed E-state index contributed by atoms with van der Waals surface area (Å²) < 4.78 is 26.2. The zero-order valence-electron chi connectivity index (χ0n) is 13.3. The molecule has 0 aromatic heterocycles. The lowest BCUT2D eigenvalue weighted by atomic mass is 9.90. The fourth-order valence-electron chi connectivity index (χ4n) is 1.84. The van der Waals surface area contributed by atoms with Gasteiger partial charge in [-0.05, 0) is 38.1 Å². The van der Waals surface area contributed by atoms with Crippen molar-refractivity contribution in [1.29, 1.82) is 0 Å². The van der Waals surface area contributed by atoms with E-state index in [9.17, 15) is 18.4 Å². The molecule has 0 aliphatic rings. The first-order valence-corrected chi connectivity index (χ1v) is 7.90. The average molecular weight is 387 g/mol. The Morgan fingerprint density at radius 3 is 2.24 bits per heavy atom. The molecule has 0 aliphatic carbocycles. The molecule has 0 unspecified atom stereocenters. The van der Waals surface area contributed by atoms with E-state index in [0.29, 0.717) is 0 Å². The number of carbonyl (C=O) groups is 2. The van der Waals surface area contributed by atoms with Crippen LogP contribution in [0.2, 0.25) is 10.0 Å². The van der Waals surface area contributed by atoms with Gasteiger partial charge in [-0.25, -0.2) is 8.78 Å². The van der Waals surface area contributed by atoms with Crippen molar-refractivity contribution in [2.24, 2.45) is 5.41 Å². The molecule has 25 heavy (non-hydrogen) atoms. The Bertz CT molecular complexity index is 841. The monoisotopic (exact) mass is 386 g/mol. The summed E-state index contributed by atoms with van der Waals surface area (Å²) in [5, 5.41) is 5.31. The van der Waals surface area contributed by atoms with Gasteiger partial charge in [0.15, 0.2) is 11.6 Å². The van der Waals surface area contributed by atoms with Crippen LogP contribution >= 0.6 is 23.2 Å². The molecule has 2 rings (SSSR count). The van der Waals surface area contributed by atoms with Gasteiger partial charge in [0.05, 0.1) is 15.7 Å². The predicted octanol–water partition coefficient (Wildman–Crippen LogP) is 4.88. The molecule has 0 saturated carbocycles. The van der Waals surface area contributed by atoms with E-state index in [1.807, 2.05) is 0 Å². The Morgan fingerprint density at radius 2 is 1.60 bits per heavy atom. The summed E-state index contributed by atoms with van der Waals surface area (Å²) in [5.74, 6) is -3.48. The van der Waals surface area contributed by atoms with E-state index >= 15 is 0 Å². The zero-order chi connectivity index (χ0) is 18.8. The number of hydrogen-bond donors (Lipinski definition) is 2. The van der Waals surface area contributed by atoms with Gasteiger partial charge >= 0.3 is 0 Å². The molecule has 132 valence electrons. The second kappa shape index (κ2) is 7.37. The maximum Gasteiger partial charge on any atom is 0.239 e. The summed E-state index contributed by atoms with van der Waals surface area (Å²) in [6.07, 6.45) is 0. The van der Waals surface area contributed by atoms with Crippen molar-refractivity contribution in [2.45, 2.75) is 13.8 Å². The van der Waals surface area contributed by atoms with Crippen LogP contribution in [0.4, 0.5) is 20.2 Å². The number of benzene rings is 2. The van der Waals surface area contributed by atoms with Crippen molar-refractivity contribution in [3.63, 3.8) is 0 Å². The fourth-order valence-corrected chi connectivity index (χ4v) is 2.19. The van der Waals surface area contributed by atoms with Crippen LogP contribution in [0.25, 0.3) is 0 Å². The number of rotatable bonds is 4. The van der Waals surface area contributed by atoms with Crippen LogP contribution < -0.4 is 10.6 Å². The van der Waals surface area contributed by atoms with Crippen LogP contribution in [0, 0.1) is 17.0 Å². The number of carbonyl (C=O) groups excluding carboxylic acids is 2. The second-order valence-corrected chi connectivity index (χ2v) is 6.55. The number of nitrogens with one attached hydrogen (secondary N) is 2. The molecular weight excluding hydrogens is 373 g/mol. The molecule has 2 N–H and O–H groups in total. The molecule has 0 atom stereocenters. The normalized spacial score (nSPS) is 11.1. The van der Waals surface area contributed by atoms with E-state index in [4.69, 9.17) is 23.2 Å². The summed E-state index contributed by atoms with van der Waals surface area (Å²) in [6.45, 7) is 2.77. The highest BCUT2D eigenvalue weighted by Crippen LogP contribution is 2.31. The molecule has 2 aromatic rings. The summed E-state index contributed by atoms with van der Waals surface area (Å²) >= 11 is 11.9. The van der Waals surface area contributed by atoms with E-state index < -0.39 is 28.9 Å². The first kappa shape index (κ1) is 19.1. The molecule has 0 radical (unpaired) electrons. The molecule has 0 saturated heterocycles. The van der Waals surface area contributed by atoms with Crippen LogP contribution in [0.1, 0.15) is 13.8 Å². The third kappa shape index (κ3) is 4.27. The standard InChI is InChI=1S/C17H14Cl2F2N2O2/c1-17(2,15(24)22-9-6-7-11(20)12(21)8-9)16(25)23-13-5-3-4-10(18)14(13)19/h3-8H,1-2H3,(H,22,24)(H,23,25). The van der Waals surface area contributed by atoms with E-state index in [1.54, 1.807) is 12.1 Å². The minimum Gasteiger partial charge on any atom is -0.325 e. The highest BCUT2D eigenvalue weighted by Gasteiger charge is 2.36. The number of amides is 2. The van der Waals surface area contributed by atoms with Gasteiger partial charge in [0.2, 0.25) is 11.8 Å². The molecule has 0 bridgehead atoms. The van der Waals surface area contributed by atoms with Gasteiger partial charge in [-0.1, -0.05) is 29.3 Å². The smallest absolute Gasteiger partial charge is 0.239 e. The van der Waals surface area contributed by atoms with Crippen molar-refractivity contribution in [1.82, 2.24) is 0 Å². The Kier molecular flexibility index (Phi) is 5.65. The van der Waals surface area contributed by atoms with Crippen LogP contribution in [-0.4, -0.2) is 11.8 Å². The first-order chi connectivity index (χ1) is 11.6. The molecule has 0 heterocycles. The lowest BCUT2D eigenvalue weighted by molar-refractivity contribution is -0.135. The van der Waals surface area contributed by atoms with Gasteiger partial charge in [-0.3, -0.25) is 9.59 Å².